The number of carbonyl (C=O) groups excluding carboxylic acids is 2. The Morgan fingerprint density at radius 3 is 2.17 bits per heavy atom. The van der Waals surface area contributed by atoms with Gasteiger partial charge in [0.25, 0.3) is 5.03 Å². The van der Waals surface area contributed by atoms with Crippen LogP contribution in [0.2, 0.25) is 0 Å². The largest absolute Gasteiger partial charge is 0.673 e. The Balaban J connectivity index is 0.000000575. The van der Waals surface area contributed by atoms with Gasteiger partial charge < -0.3 is 26.7 Å². The maximum absolute atomic E-state index is 11.4. The summed E-state index contributed by atoms with van der Waals surface area (Å²) >= 11 is 3.29. The minimum absolute atomic E-state index is 0.213. The molecular weight excluding hydrogens is 445 g/mol. The Labute approximate surface area is 177 Å². The van der Waals surface area contributed by atoms with E-state index in [1.807, 2.05) is 29.2 Å². The van der Waals surface area contributed by atoms with Crippen LogP contribution < -0.4 is 14.0 Å². The molecule has 12 heteroatoms. The minimum Gasteiger partial charge on any atom is -0.423 e. The van der Waals surface area contributed by atoms with Crippen molar-refractivity contribution >= 4 is 53.1 Å². The van der Waals surface area contributed by atoms with Crippen molar-refractivity contribution in [1.29, 1.82) is 0 Å². The number of thioether (sulfide) groups is 1. The monoisotopic (exact) mass is 461 g/mol. The van der Waals surface area contributed by atoms with Crippen molar-refractivity contribution in [3.05, 3.63) is 41.2 Å². The number of ether oxygens (including phenoxy) is 2. The highest BCUT2D eigenvalue weighted by Crippen LogP contribution is 2.31. The predicted molar refractivity (Wildman–Crippen MR) is 108 cm³/mol. The van der Waals surface area contributed by atoms with Crippen molar-refractivity contribution in [3.63, 3.8) is 0 Å². The summed E-state index contributed by atoms with van der Waals surface area (Å²) in [4.78, 5) is 22.6. The topological polar surface area (TPSA) is 56.5 Å². The number of rotatable bonds is 4. The maximum atomic E-state index is 11.4. The van der Waals surface area contributed by atoms with E-state index >= 15 is 0 Å². The minimum atomic E-state index is -6.00. The van der Waals surface area contributed by atoms with E-state index in [0.29, 0.717) is 0 Å². The quantitative estimate of drug-likeness (QED) is 0.136. The molecule has 2 heterocycles. The molecule has 0 bridgehead atoms. The summed E-state index contributed by atoms with van der Waals surface area (Å²) in [6, 6.07) is 7.18. The van der Waals surface area contributed by atoms with Crippen LogP contribution in [0.1, 0.15) is 13.8 Å². The number of halogens is 4. The van der Waals surface area contributed by atoms with Gasteiger partial charge in [0.2, 0.25) is 5.69 Å². The first kappa shape index (κ1) is 23.7. The molecular formula is C18H16BF4NO4S2. The van der Waals surface area contributed by atoms with E-state index < -0.39 is 19.2 Å². The van der Waals surface area contributed by atoms with E-state index in [9.17, 15) is 26.9 Å². The fourth-order valence-corrected chi connectivity index (χ4v) is 4.13. The molecule has 3 aromatic rings. The standard InChI is InChI=1S/C18H16NO4S2.BF4/c1-11(20)22-16-5-4-14(8-17(16)23-12(2)21)19-7-6-13-9-25-10-15(13)18(19)24-3;2-1(3,4)5/h4-10H,1-3H3;/q+1;-1. The van der Waals surface area contributed by atoms with Gasteiger partial charge in [0.1, 0.15) is 0 Å². The molecule has 2 aromatic heterocycles. The summed E-state index contributed by atoms with van der Waals surface area (Å²) in [5.41, 5.74) is 0.810. The first-order valence-corrected chi connectivity index (χ1v) is 10.5. The van der Waals surface area contributed by atoms with Gasteiger partial charge in [-0.05, 0) is 17.7 Å². The number of thiophene rings is 1. The smallest absolute Gasteiger partial charge is 0.423 e. The van der Waals surface area contributed by atoms with Gasteiger partial charge in [0, 0.05) is 36.7 Å². The van der Waals surface area contributed by atoms with Gasteiger partial charge >= 0.3 is 19.2 Å². The molecule has 0 unspecified atom stereocenters. The summed E-state index contributed by atoms with van der Waals surface area (Å²) in [7, 11) is -6.00. The molecule has 5 nitrogen and oxygen atoms in total. The van der Waals surface area contributed by atoms with Crippen molar-refractivity contribution in [2.75, 3.05) is 6.26 Å². The highest BCUT2D eigenvalue weighted by atomic mass is 32.2. The molecule has 0 spiro atoms. The second-order valence-corrected chi connectivity index (χ2v) is 7.29. The molecule has 30 heavy (non-hydrogen) atoms. The lowest BCUT2D eigenvalue weighted by atomic mass is 10.2. The van der Waals surface area contributed by atoms with E-state index in [0.717, 1.165) is 16.1 Å². The first-order chi connectivity index (χ1) is 14.0. The van der Waals surface area contributed by atoms with Gasteiger partial charge in [-0.3, -0.25) is 9.59 Å². The van der Waals surface area contributed by atoms with Gasteiger partial charge in [-0.25, -0.2) is 0 Å². The van der Waals surface area contributed by atoms with Gasteiger partial charge in [-0.15, -0.1) is 0 Å². The van der Waals surface area contributed by atoms with Crippen LogP contribution in [0.5, 0.6) is 11.5 Å². The molecule has 0 atom stereocenters. The number of nitrogens with zero attached hydrogens (tertiary/aromatic N) is 1. The zero-order valence-corrected chi connectivity index (χ0v) is 17.7. The van der Waals surface area contributed by atoms with Crippen molar-refractivity contribution in [1.82, 2.24) is 0 Å². The van der Waals surface area contributed by atoms with Crippen molar-refractivity contribution in [2.45, 2.75) is 18.9 Å². The van der Waals surface area contributed by atoms with E-state index in [1.165, 1.54) is 19.2 Å². The molecule has 0 radical (unpaired) electrons. The Morgan fingerprint density at radius 2 is 1.60 bits per heavy atom. The third-order valence-corrected chi connectivity index (χ3v) is 5.02. The van der Waals surface area contributed by atoms with Gasteiger partial charge in [0.05, 0.1) is 11.5 Å². The molecule has 0 saturated carbocycles. The van der Waals surface area contributed by atoms with Crippen molar-refractivity contribution in [3.8, 4) is 17.2 Å². The van der Waals surface area contributed by atoms with Crippen LogP contribution >= 0.6 is 23.1 Å². The Morgan fingerprint density at radius 1 is 1.00 bits per heavy atom. The number of fused-ring (bicyclic) bond motifs is 1. The summed E-state index contributed by atoms with van der Waals surface area (Å²) in [5, 5.41) is 7.64. The van der Waals surface area contributed by atoms with Gasteiger partial charge in [-0.1, -0.05) is 11.8 Å². The second kappa shape index (κ2) is 9.94. The van der Waals surface area contributed by atoms with E-state index in [1.54, 1.807) is 35.2 Å². The van der Waals surface area contributed by atoms with Crippen LogP contribution in [-0.4, -0.2) is 25.4 Å². The normalized spacial score (nSPS) is 10.9. The predicted octanol–water partition coefficient (Wildman–Crippen LogP) is 5.05. The maximum Gasteiger partial charge on any atom is 0.673 e. The molecule has 0 fully saturated rings. The summed E-state index contributed by atoms with van der Waals surface area (Å²) in [6.07, 6.45) is 3.99. The molecule has 0 N–H and O–H groups in total. The van der Waals surface area contributed by atoms with E-state index in [2.05, 4.69) is 10.8 Å². The fraction of sp³-hybridized carbons (Fsp3) is 0.167. The van der Waals surface area contributed by atoms with E-state index in [4.69, 9.17) is 9.47 Å². The van der Waals surface area contributed by atoms with Crippen LogP contribution in [0.15, 0.2) is 46.2 Å². The number of benzene rings is 1. The average molecular weight is 461 g/mol. The number of pyridine rings is 1. The third-order valence-electron chi connectivity index (χ3n) is 3.45. The number of carbonyl (C=O) groups is 2. The van der Waals surface area contributed by atoms with Crippen LogP contribution in [0, 0.1) is 0 Å². The van der Waals surface area contributed by atoms with Crippen LogP contribution in [0.4, 0.5) is 17.3 Å². The van der Waals surface area contributed by atoms with Crippen LogP contribution in [0.3, 0.4) is 0 Å². The summed E-state index contributed by atoms with van der Waals surface area (Å²) in [5.74, 6) is -0.522. The van der Waals surface area contributed by atoms with Crippen molar-refractivity contribution in [2.24, 2.45) is 0 Å². The highest BCUT2D eigenvalue weighted by Gasteiger charge is 2.21. The lowest BCUT2D eigenvalue weighted by Gasteiger charge is -2.09. The first-order valence-electron chi connectivity index (χ1n) is 8.32. The Hall–Kier alpha value is -2.60. The average Bonchev–Trinajstić information content (AvgIpc) is 3.09. The Kier molecular flexibility index (Phi) is 7.85. The molecule has 1 aromatic carbocycles. The van der Waals surface area contributed by atoms with Crippen LogP contribution in [0.25, 0.3) is 16.5 Å². The number of esters is 2. The van der Waals surface area contributed by atoms with Crippen LogP contribution in [-0.2, 0) is 9.59 Å². The molecule has 0 aliphatic rings. The highest BCUT2D eigenvalue weighted by molar-refractivity contribution is 7.98. The number of aromatic nitrogens is 1. The lowest BCUT2D eigenvalue weighted by molar-refractivity contribution is -0.633. The lowest BCUT2D eigenvalue weighted by Crippen LogP contribution is -2.32. The van der Waals surface area contributed by atoms with Crippen molar-refractivity contribution < 1.29 is 40.9 Å². The molecule has 0 aliphatic heterocycles. The zero-order chi connectivity index (χ0) is 22.5. The SMILES string of the molecule is CSc1c2cscc2cc[n+]1-c1ccc(OC(C)=O)c(OC(C)=O)c1.F[B-](F)(F)F. The van der Waals surface area contributed by atoms with Gasteiger partial charge in [-0.2, -0.15) is 15.9 Å². The molecule has 0 amide bonds. The Bertz CT molecular complexity index is 1070. The number of hydrogen-bond acceptors (Lipinski definition) is 6. The number of hydrogen-bond donors (Lipinski definition) is 0. The molecule has 160 valence electrons. The zero-order valence-electron chi connectivity index (χ0n) is 16.0. The molecule has 0 aliphatic carbocycles. The molecule has 0 saturated heterocycles. The fourth-order valence-electron chi connectivity index (χ4n) is 2.49. The van der Waals surface area contributed by atoms with E-state index in [-0.39, 0.29) is 11.5 Å². The summed E-state index contributed by atoms with van der Waals surface area (Å²) in [6.45, 7) is 2.61. The second-order valence-electron chi connectivity index (χ2n) is 5.75. The third kappa shape index (κ3) is 6.73. The summed E-state index contributed by atoms with van der Waals surface area (Å²) < 4.78 is 51.4. The molecule has 3 rings (SSSR count). The van der Waals surface area contributed by atoms with Gasteiger partial charge in [0.15, 0.2) is 17.7 Å².